The monoisotopic (exact) mass is 231 g/mol. The van der Waals surface area contributed by atoms with Crippen LogP contribution in [0.4, 0.5) is 0 Å². The van der Waals surface area contributed by atoms with Gasteiger partial charge in [-0.3, -0.25) is 0 Å². The second-order valence-electron chi connectivity index (χ2n) is 4.07. The van der Waals surface area contributed by atoms with Crippen LogP contribution in [0, 0.1) is 5.92 Å². The van der Waals surface area contributed by atoms with E-state index >= 15 is 0 Å². The van der Waals surface area contributed by atoms with Gasteiger partial charge in [-0.25, -0.2) is 13.1 Å². The average Bonchev–Trinajstić information content (AvgIpc) is 2.01. The molecule has 0 saturated heterocycles. The minimum atomic E-state index is -3.34. The van der Waals surface area contributed by atoms with Crippen LogP contribution < -0.4 is 4.72 Å². The smallest absolute Gasteiger partial charge is 0.209 e. The number of rotatable bonds is 5. The third-order valence-corrected chi connectivity index (χ3v) is 3.41. The van der Waals surface area contributed by atoms with Crippen LogP contribution in [0.25, 0.3) is 0 Å². The third kappa shape index (κ3) is 5.74. The summed E-state index contributed by atoms with van der Waals surface area (Å²) in [6.45, 7) is 9.34. The van der Waals surface area contributed by atoms with E-state index < -0.39 is 10.0 Å². The Hall–Kier alpha value is -0.610. The number of hydrogen-bond acceptors (Lipinski definition) is 2. The lowest BCUT2D eigenvalue weighted by Crippen LogP contribution is -2.30. The summed E-state index contributed by atoms with van der Waals surface area (Å²) in [6.07, 6.45) is 5.12. The Morgan fingerprint density at radius 3 is 2.07 bits per heavy atom. The van der Waals surface area contributed by atoms with Gasteiger partial charge >= 0.3 is 0 Å². The molecule has 0 radical (unpaired) electrons. The van der Waals surface area contributed by atoms with E-state index in [1.165, 1.54) is 0 Å². The summed E-state index contributed by atoms with van der Waals surface area (Å²) in [5, 5.41) is 0. The van der Waals surface area contributed by atoms with Crippen LogP contribution in [0.15, 0.2) is 23.1 Å². The molecular weight excluding hydrogens is 210 g/mol. The second-order valence-corrected chi connectivity index (χ2v) is 5.78. The van der Waals surface area contributed by atoms with E-state index in [4.69, 9.17) is 0 Å². The van der Waals surface area contributed by atoms with Gasteiger partial charge in [-0.2, -0.15) is 0 Å². The molecule has 0 aromatic rings. The van der Waals surface area contributed by atoms with Crippen LogP contribution in [0.3, 0.4) is 0 Å². The van der Waals surface area contributed by atoms with Crippen molar-refractivity contribution in [3.63, 3.8) is 0 Å². The van der Waals surface area contributed by atoms with Crippen molar-refractivity contribution >= 4 is 10.0 Å². The molecule has 0 atom stereocenters. The Kier molecular flexibility index (Phi) is 5.83. The molecule has 4 heteroatoms. The van der Waals surface area contributed by atoms with E-state index in [1.807, 2.05) is 19.9 Å². The highest BCUT2D eigenvalue weighted by atomic mass is 32.2. The number of nitrogens with one attached hydrogen (secondary N) is 1. The maximum Gasteiger partial charge on any atom is 0.240 e. The summed E-state index contributed by atoms with van der Waals surface area (Å²) < 4.78 is 26.1. The molecule has 15 heavy (non-hydrogen) atoms. The predicted molar refractivity (Wildman–Crippen MR) is 64.9 cm³/mol. The van der Waals surface area contributed by atoms with Crippen molar-refractivity contribution in [1.29, 1.82) is 0 Å². The van der Waals surface area contributed by atoms with Gasteiger partial charge in [0.2, 0.25) is 10.0 Å². The summed E-state index contributed by atoms with van der Waals surface area (Å²) in [5.74, 6) is 0.342. The summed E-state index contributed by atoms with van der Waals surface area (Å²) in [4.78, 5) is 0.324. The number of sulfonamides is 1. The second kappa shape index (κ2) is 6.08. The van der Waals surface area contributed by atoms with E-state index in [1.54, 1.807) is 32.9 Å². The molecule has 0 aromatic carbocycles. The first-order valence-corrected chi connectivity index (χ1v) is 6.64. The highest BCUT2D eigenvalue weighted by Crippen LogP contribution is 2.09. The Morgan fingerprint density at radius 1 is 1.20 bits per heavy atom. The van der Waals surface area contributed by atoms with Crippen LogP contribution in [0.2, 0.25) is 0 Å². The molecule has 0 heterocycles. The molecule has 0 saturated carbocycles. The van der Waals surface area contributed by atoms with Gasteiger partial charge in [0, 0.05) is 6.04 Å². The maximum atomic E-state index is 11.8. The molecule has 0 amide bonds. The number of allylic oxidation sites excluding steroid dienone is 3. The minimum Gasteiger partial charge on any atom is -0.209 e. The van der Waals surface area contributed by atoms with Crippen LogP contribution >= 0.6 is 0 Å². The molecule has 0 unspecified atom stereocenters. The summed E-state index contributed by atoms with van der Waals surface area (Å²) in [6, 6.07) is -0.0857. The normalized spacial score (nSPS) is 14.5. The molecule has 0 aromatic heterocycles. The Bertz CT molecular complexity index is 338. The van der Waals surface area contributed by atoms with Crippen molar-refractivity contribution in [2.75, 3.05) is 0 Å². The van der Waals surface area contributed by atoms with Crippen LogP contribution in [-0.2, 0) is 10.0 Å². The Morgan fingerprint density at radius 2 is 1.73 bits per heavy atom. The van der Waals surface area contributed by atoms with Crippen LogP contribution in [0.5, 0.6) is 0 Å². The summed E-state index contributed by atoms with van der Waals surface area (Å²) in [7, 11) is -3.34. The van der Waals surface area contributed by atoms with E-state index in [0.717, 1.165) is 0 Å². The van der Waals surface area contributed by atoms with Crippen molar-refractivity contribution in [3.05, 3.63) is 23.1 Å². The highest BCUT2D eigenvalue weighted by Gasteiger charge is 2.15. The van der Waals surface area contributed by atoms with Gasteiger partial charge < -0.3 is 0 Å². The van der Waals surface area contributed by atoms with Crippen LogP contribution in [0.1, 0.15) is 34.6 Å². The summed E-state index contributed by atoms with van der Waals surface area (Å²) in [5.41, 5.74) is 0. The lowest BCUT2D eigenvalue weighted by molar-refractivity contribution is 0.577. The van der Waals surface area contributed by atoms with E-state index in [9.17, 15) is 8.42 Å². The zero-order valence-corrected chi connectivity index (χ0v) is 10.9. The topological polar surface area (TPSA) is 46.2 Å². The minimum absolute atomic E-state index is 0.0857. The first-order valence-electron chi connectivity index (χ1n) is 5.16. The maximum absolute atomic E-state index is 11.8. The largest absolute Gasteiger partial charge is 0.240 e. The van der Waals surface area contributed by atoms with E-state index in [2.05, 4.69) is 4.72 Å². The van der Waals surface area contributed by atoms with Gasteiger partial charge in [-0.15, -0.1) is 0 Å². The van der Waals surface area contributed by atoms with Crippen molar-refractivity contribution in [1.82, 2.24) is 4.72 Å². The molecule has 3 nitrogen and oxygen atoms in total. The predicted octanol–water partition coefficient (Wildman–Crippen LogP) is 2.43. The van der Waals surface area contributed by atoms with Gasteiger partial charge in [0.05, 0.1) is 4.91 Å². The SMILES string of the molecule is CC=C(C=CC(C)C)S(=O)(=O)NC(C)C. The molecular formula is C11H21NO2S. The third-order valence-electron chi connectivity index (χ3n) is 1.63. The van der Waals surface area contributed by atoms with Gasteiger partial charge in [-0.1, -0.05) is 26.0 Å². The number of hydrogen-bond donors (Lipinski definition) is 1. The van der Waals surface area contributed by atoms with E-state index in [-0.39, 0.29) is 6.04 Å². The first kappa shape index (κ1) is 14.4. The van der Waals surface area contributed by atoms with Gasteiger partial charge in [0.25, 0.3) is 0 Å². The Balaban J connectivity index is 4.85. The fourth-order valence-electron chi connectivity index (χ4n) is 1.01. The van der Waals surface area contributed by atoms with Crippen molar-refractivity contribution in [3.8, 4) is 0 Å². The molecule has 0 aliphatic heterocycles. The lowest BCUT2D eigenvalue weighted by Gasteiger charge is -2.10. The molecule has 1 N–H and O–H groups in total. The molecule has 0 aliphatic carbocycles. The average molecular weight is 231 g/mol. The quantitative estimate of drug-likeness (QED) is 0.739. The van der Waals surface area contributed by atoms with Crippen molar-refractivity contribution in [2.45, 2.75) is 40.7 Å². The van der Waals surface area contributed by atoms with E-state index in [0.29, 0.717) is 10.8 Å². The van der Waals surface area contributed by atoms with Gasteiger partial charge in [0.1, 0.15) is 0 Å². The van der Waals surface area contributed by atoms with Crippen molar-refractivity contribution in [2.24, 2.45) is 5.92 Å². The fourth-order valence-corrected chi connectivity index (χ4v) is 2.33. The molecule has 0 rings (SSSR count). The molecule has 0 aliphatic rings. The van der Waals surface area contributed by atoms with Crippen LogP contribution in [-0.4, -0.2) is 14.5 Å². The fraction of sp³-hybridized carbons (Fsp3) is 0.636. The molecule has 0 spiro atoms. The standard InChI is InChI=1S/C11H21NO2S/c1-6-11(8-7-9(2)3)15(13,14)12-10(4)5/h6-10,12H,1-5H3. The van der Waals surface area contributed by atoms with Crippen molar-refractivity contribution < 1.29 is 8.42 Å². The highest BCUT2D eigenvalue weighted by molar-refractivity contribution is 7.93. The zero-order valence-electron chi connectivity index (χ0n) is 10.1. The molecule has 88 valence electrons. The molecule has 0 fully saturated rings. The van der Waals surface area contributed by atoms with Gasteiger partial charge in [-0.05, 0) is 32.8 Å². The lowest BCUT2D eigenvalue weighted by atomic mass is 10.2. The van der Waals surface area contributed by atoms with Gasteiger partial charge in [0.15, 0.2) is 0 Å². The molecule has 0 bridgehead atoms. The zero-order chi connectivity index (χ0) is 12.1. The Labute approximate surface area is 93.3 Å². The summed E-state index contributed by atoms with van der Waals surface area (Å²) >= 11 is 0. The first-order chi connectivity index (χ1) is 6.79.